The summed E-state index contributed by atoms with van der Waals surface area (Å²) in [5.41, 5.74) is 0. The zero-order valence-corrected chi connectivity index (χ0v) is 9.72. The first-order valence-electron chi connectivity index (χ1n) is 6.06. The Kier molecular flexibility index (Phi) is 3.83. The van der Waals surface area contributed by atoms with Crippen molar-refractivity contribution in [3.8, 4) is 0 Å². The fourth-order valence-electron chi connectivity index (χ4n) is 2.38. The van der Waals surface area contributed by atoms with Crippen molar-refractivity contribution in [2.45, 2.75) is 37.8 Å². The highest BCUT2D eigenvalue weighted by Crippen LogP contribution is 2.18. The molecule has 2 fully saturated rings. The average molecular weight is 242 g/mol. The van der Waals surface area contributed by atoms with Crippen LogP contribution in [0.15, 0.2) is 0 Å². The van der Waals surface area contributed by atoms with Crippen LogP contribution in [0.4, 0.5) is 4.79 Å². The van der Waals surface area contributed by atoms with E-state index in [1.165, 1.54) is 4.90 Å². The molecule has 2 rings (SSSR count). The van der Waals surface area contributed by atoms with Gasteiger partial charge in [-0.3, -0.25) is 0 Å². The lowest BCUT2D eigenvalue weighted by Gasteiger charge is -2.33. The Balaban J connectivity index is 1.93. The summed E-state index contributed by atoms with van der Waals surface area (Å²) >= 11 is 0. The Morgan fingerprint density at radius 3 is 2.65 bits per heavy atom. The molecule has 2 amide bonds. The lowest BCUT2D eigenvalue weighted by atomic mass is 10.2. The van der Waals surface area contributed by atoms with Crippen LogP contribution in [0.2, 0.25) is 0 Å². The van der Waals surface area contributed by atoms with E-state index < -0.39 is 12.0 Å². The largest absolute Gasteiger partial charge is 0.480 e. The molecule has 1 atom stereocenters. The number of carboxylic acids is 1. The number of rotatable bonds is 2. The number of morpholine rings is 1. The van der Waals surface area contributed by atoms with E-state index >= 15 is 0 Å². The maximum absolute atomic E-state index is 12.0. The van der Waals surface area contributed by atoms with Gasteiger partial charge in [0.2, 0.25) is 0 Å². The Morgan fingerprint density at radius 1 is 1.29 bits per heavy atom. The van der Waals surface area contributed by atoms with Crippen molar-refractivity contribution in [3.05, 3.63) is 0 Å². The number of amides is 2. The number of nitrogens with zero attached hydrogens (tertiary/aromatic N) is 1. The molecule has 96 valence electrons. The molecule has 0 spiro atoms. The van der Waals surface area contributed by atoms with Crippen molar-refractivity contribution >= 4 is 12.0 Å². The first-order valence-corrected chi connectivity index (χ1v) is 6.06. The normalized spacial score (nSPS) is 25.9. The van der Waals surface area contributed by atoms with Crippen LogP contribution in [0, 0.1) is 0 Å². The minimum Gasteiger partial charge on any atom is -0.480 e. The van der Waals surface area contributed by atoms with Crippen LogP contribution in [-0.2, 0) is 9.53 Å². The number of nitrogens with one attached hydrogen (secondary N) is 1. The van der Waals surface area contributed by atoms with Gasteiger partial charge < -0.3 is 20.1 Å². The van der Waals surface area contributed by atoms with E-state index in [0.29, 0.717) is 13.2 Å². The molecule has 0 aromatic carbocycles. The number of aliphatic carboxylic acids is 1. The third kappa shape index (κ3) is 2.88. The summed E-state index contributed by atoms with van der Waals surface area (Å²) in [6.07, 6.45) is 4.26. The minimum atomic E-state index is -1.01. The molecule has 6 nitrogen and oxygen atoms in total. The summed E-state index contributed by atoms with van der Waals surface area (Å²) in [4.78, 5) is 24.3. The quantitative estimate of drug-likeness (QED) is 0.735. The number of ether oxygens (including phenoxy) is 1. The summed E-state index contributed by atoms with van der Waals surface area (Å²) in [7, 11) is 0. The number of carboxylic acid groups (broad SMARTS) is 1. The average Bonchev–Trinajstić information content (AvgIpc) is 2.81. The van der Waals surface area contributed by atoms with E-state index in [9.17, 15) is 9.59 Å². The van der Waals surface area contributed by atoms with Crippen LogP contribution >= 0.6 is 0 Å². The van der Waals surface area contributed by atoms with Gasteiger partial charge in [-0.05, 0) is 12.8 Å². The standard InChI is InChI=1S/C11H18N2O4/c14-10(15)9-7-17-6-5-13(9)11(16)12-8-3-1-2-4-8/h8-9H,1-7H2,(H,12,16)(H,14,15). The number of carbonyl (C=O) groups is 2. The first-order chi connectivity index (χ1) is 8.18. The molecule has 0 radical (unpaired) electrons. The van der Waals surface area contributed by atoms with Crippen LogP contribution in [0.3, 0.4) is 0 Å². The number of hydrogen-bond acceptors (Lipinski definition) is 3. The lowest BCUT2D eigenvalue weighted by molar-refractivity contribution is -0.147. The third-order valence-electron chi connectivity index (χ3n) is 3.36. The number of urea groups is 1. The number of carbonyl (C=O) groups excluding carboxylic acids is 1. The topological polar surface area (TPSA) is 78.9 Å². The molecule has 2 aliphatic rings. The van der Waals surface area contributed by atoms with Gasteiger partial charge in [0, 0.05) is 12.6 Å². The van der Waals surface area contributed by atoms with E-state index in [1.807, 2.05) is 0 Å². The van der Waals surface area contributed by atoms with Crippen LogP contribution in [0.5, 0.6) is 0 Å². The maximum atomic E-state index is 12.0. The van der Waals surface area contributed by atoms with Crippen molar-refractivity contribution in [3.63, 3.8) is 0 Å². The van der Waals surface area contributed by atoms with E-state index in [4.69, 9.17) is 9.84 Å². The van der Waals surface area contributed by atoms with Gasteiger partial charge in [0.25, 0.3) is 0 Å². The van der Waals surface area contributed by atoms with Gasteiger partial charge in [0.05, 0.1) is 13.2 Å². The van der Waals surface area contributed by atoms with Crippen LogP contribution in [0.1, 0.15) is 25.7 Å². The molecule has 1 heterocycles. The number of hydrogen-bond donors (Lipinski definition) is 2. The van der Waals surface area contributed by atoms with Crippen molar-refractivity contribution in [2.24, 2.45) is 0 Å². The van der Waals surface area contributed by atoms with Crippen molar-refractivity contribution in [1.29, 1.82) is 0 Å². The monoisotopic (exact) mass is 242 g/mol. The van der Waals surface area contributed by atoms with E-state index in [-0.39, 0.29) is 18.7 Å². The Bertz CT molecular complexity index is 302. The molecule has 1 aliphatic heterocycles. The molecular weight excluding hydrogens is 224 g/mol. The van der Waals surface area contributed by atoms with Gasteiger partial charge in [-0.25, -0.2) is 9.59 Å². The fourth-order valence-corrected chi connectivity index (χ4v) is 2.38. The van der Waals surface area contributed by atoms with Gasteiger partial charge in [-0.2, -0.15) is 0 Å². The maximum Gasteiger partial charge on any atom is 0.328 e. The summed E-state index contributed by atoms with van der Waals surface area (Å²) in [6.45, 7) is 0.824. The Labute approximate surface area is 99.9 Å². The SMILES string of the molecule is O=C(O)C1COCCN1C(=O)NC1CCCC1. The molecule has 1 aliphatic carbocycles. The molecule has 1 saturated heterocycles. The second-order valence-electron chi connectivity index (χ2n) is 4.55. The Morgan fingerprint density at radius 2 is 2.00 bits per heavy atom. The van der Waals surface area contributed by atoms with E-state index in [1.54, 1.807) is 0 Å². The van der Waals surface area contributed by atoms with Gasteiger partial charge >= 0.3 is 12.0 Å². The lowest BCUT2D eigenvalue weighted by Crippen LogP contribution is -2.56. The fraction of sp³-hybridized carbons (Fsp3) is 0.818. The summed E-state index contributed by atoms with van der Waals surface area (Å²) in [6, 6.07) is -0.919. The van der Waals surface area contributed by atoms with Gasteiger partial charge in [-0.1, -0.05) is 12.8 Å². The molecule has 6 heteroatoms. The molecular formula is C11H18N2O4. The highest BCUT2D eigenvalue weighted by Gasteiger charge is 2.33. The molecule has 0 bridgehead atoms. The highest BCUT2D eigenvalue weighted by molar-refractivity contribution is 5.83. The van der Waals surface area contributed by atoms with Gasteiger partial charge in [0.15, 0.2) is 6.04 Å². The first kappa shape index (κ1) is 12.2. The van der Waals surface area contributed by atoms with Crippen molar-refractivity contribution in [1.82, 2.24) is 10.2 Å². The molecule has 1 unspecified atom stereocenters. The second kappa shape index (κ2) is 5.35. The summed E-state index contributed by atoms with van der Waals surface area (Å²) in [5, 5.41) is 11.9. The Hall–Kier alpha value is -1.30. The molecule has 1 saturated carbocycles. The zero-order valence-electron chi connectivity index (χ0n) is 9.72. The molecule has 17 heavy (non-hydrogen) atoms. The third-order valence-corrected chi connectivity index (χ3v) is 3.36. The van der Waals surface area contributed by atoms with Gasteiger partial charge in [-0.15, -0.1) is 0 Å². The highest BCUT2D eigenvalue weighted by atomic mass is 16.5. The predicted octanol–water partition coefficient (Wildman–Crippen LogP) is 0.424. The van der Waals surface area contributed by atoms with Crippen molar-refractivity contribution in [2.75, 3.05) is 19.8 Å². The summed E-state index contributed by atoms with van der Waals surface area (Å²) in [5.74, 6) is -1.01. The van der Waals surface area contributed by atoms with Crippen LogP contribution < -0.4 is 5.32 Å². The van der Waals surface area contributed by atoms with E-state index in [2.05, 4.69) is 5.32 Å². The smallest absolute Gasteiger partial charge is 0.328 e. The van der Waals surface area contributed by atoms with Crippen LogP contribution in [-0.4, -0.2) is 53.8 Å². The van der Waals surface area contributed by atoms with E-state index in [0.717, 1.165) is 25.7 Å². The van der Waals surface area contributed by atoms with Crippen LogP contribution in [0.25, 0.3) is 0 Å². The minimum absolute atomic E-state index is 0.0768. The predicted molar refractivity (Wildman–Crippen MR) is 59.7 cm³/mol. The molecule has 2 N–H and O–H groups in total. The zero-order chi connectivity index (χ0) is 12.3. The van der Waals surface area contributed by atoms with Gasteiger partial charge in [0.1, 0.15) is 0 Å². The second-order valence-corrected chi connectivity index (χ2v) is 4.55. The molecule has 0 aromatic heterocycles. The summed E-state index contributed by atoms with van der Waals surface area (Å²) < 4.78 is 5.09. The molecule has 0 aromatic rings. The van der Waals surface area contributed by atoms with Crippen molar-refractivity contribution < 1.29 is 19.4 Å².